The lowest BCUT2D eigenvalue weighted by Crippen LogP contribution is -2.46. The minimum Gasteiger partial charge on any atom is -0.378 e. The summed E-state index contributed by atoms with van der Waals surface area (Å²) in [6.45, 7) is 2.67. The Kier molecular flexibility index (Phi) is 7.43. The maximum atomic E-state index is 12.2. The molecule has 8 nitrogen and oxygen atoms in total. The molecule has 152 valence electrons. The van der Waals surface area contributed by atoms with E-state index in [1.165, 1.54) is 0 Å². The molecule has 0 aliphatic carbocycles. The Hall–Kier alpha value is -3.10. The number of amides is 2. The molecule has 0 atom stereocenters. The Bertz CT molecular complexity index is 833. The predicted octanol–water partition coefficient (Wildman–Crippen LogP) is 2.83. The zero-order valence-electron chi connectivity index (χ0n) is 16.5. The van der Waals surface area contributed by atoms with Crippen molar-refractivity contribution >= 4 is 28.9 Å². The zero-order valence-corrected chi connectivity index (χ0v) is 16.5. The molecule has 0 saturated carbocycles. The van der Waals surface area contributed by atoms with E-state index in [9.17, 15) is 9.59 Å². The molecule has 2 amide bonds. The lowest BCUT2D eigenvalue weighted by atomic mass is 10.3. The normalized spacial score (nSPS) is 14.3. The summed E-state index contributed by atoms with van der Waals surface area (Å²) >= 11 is 0. The van der Waals surface area contributed by atoms with Crippen LogP contribution in [0.3, 0.4) is 0 Å². The molecule has 29 heavy (non-hydrogen) atoms. The van der Waals surface area contributed by atoms with Gasteiger partial charge < -0.3 is 15.0 Å². The number of hydrogen-bond acceptors (Lipinski definition) is 6. The van der Waals surface area contributed by atoms with E-state index in [0.717, 1.165) is 5.69 Å². The average Bonchev–Trinajstić information content (AvgIpc) is 2.74. The molecule has 0 spiro atoms. The van der Waals surface area contributed by atoms with Crippen molar-refractivity contribution in [3.8, 4) is 0 Å². The molecule has 2 aromatic rings. The van der Waals surface area contributed by atoms with Gasteiger partial charge in [0.15, 0.2) is 0 Å². The van der Waals surface area contributed by atoms with E-state index < -0.39 is 0 Å². The second-order valence-electron chi connectivity index (χ2n) is 6.80. The van der Waals surface area contributed by atoms with Gasteiger partial charge in [0.25, 0.3) is 0 Å². The van der Waals surface area contributed by atoms with Crippen LogP contribution in [-0.2, 0) is 14.3 Å². The Morgan fingerprint density at radius 3 is 2.24 bits per heavy atom. The molecule has 1 heterocycles. The first-order chi connectivity index (χ1) is 14.1. The Morgan fingerprint density at radius 2 is 1.59 bits per heavy atom. The molecule has 8 heteroatoms. The first-order valence-electron chi connectivity index (χ1n) is 9.51. The van der Waals surface area contributed by atoms with Crippen molar-refractivity contribution in [2.24, 2.45) is 10.2 Å². The number of hydrogen-bond donors (Lipinski definition) is 1. The average molecular weight is 395 g/mol. The Balaban J connectivity index is 1.45. The second-order valence-corrected chi connectivity index (χ2v) is 6.80. The van der Waals surface area contributed by atoms with E-state index in [1.807, 2.05) is 30.3 Å². The first kappa shape index (κ1) is 20.6. The predicted molar refractivity (Wildman–Crippen MR) is 111 cm³/mol. The monoisotopic (exact) mass is 395 g/mol. The summed E-state index contributed by atoms with van der Waals surface area (Å²) in [5.41, 5.74) is 2.14. The number of anilines is 1. The molecule has 0 aromatic heterocycles. The van der Waals surface area contributed by atoms with Crippen molar-refractivity contribution in [2.45, 2.75) is 0 Å². The number of morpholine rings is 1. The quantitative estimate of drug-likeness (QED) is 0.731. The first-order valence-corrected chi connectivity index (χ1v) is 9.51. The van der Waals surface area contributed by atoms with Gasteiger partial charge in [-0.1, -0.05) is 18.2 Å². The topological polar surface area (TPSA) is 86.6 Å². The molecule has 0 unspecified atom stereocenters. The largest absolute Gasteiger partial charge is 0.378 e. The van der Waals surface area contributed by atoms with Crippen LogP contribution in [0.4, 0.5) is 17.1 Å². The number of carbonyl (C=O) groups is 2. The van der Waals surface area contributed by atoms with Crippen LogP contribution >= 0.6 is 0 Å². The summed E-state index contributed by atoms with van der Waals surface area (Å²) in [5.74, 6) is -0.169. The fraction of sp³-hybridized carbons (Fsp3) is 0.333. The van der Waals surface area contributed by atoms with E-state index in [2.05, 4.69) is 15.5 Å². The highest BCUT2D eigenvalue weighted by Crippen LogP contribution is 2.20. The maximum absolute atomic E-state index is 12.2. The number of rotatable bonds is 7. The summed E-state index contributed by atoms with van der Waals surface area (Å²) in [6, 6.07) is 16.6. The van der Waals surface area contributed by atoms with Gasteiger partial charge in [-0.25, -0.2) is 0 Å². The summed E-state index contributed by atoms with van der Waals surface area (Å²) in [6.07, 6.45) is 0. The van der Waals surface area contributed by atoms with Crippen LogP contribution in [0.5, 0.6) is 0 Å². The van der Waals surface area contributed by atoms with Gasteiger partial charge in [0.1, 0.15) is 0 Å². The molecule has 0 bridgehead atoms. The number of benzene rings is 2. The van der Waals surface area contributed by atoms with Crippen molar-refractivity contribution in [3.05, 3.63) is 54.6 Å². The molecule has 0 radical (unpaired) electrons. The molecule has 1 aliphatic heterocycles. The van der Waals surface area contributed by atoms with E-state index >= 15 is 0 Å². The van der Waals surface area contributed by atoms with Crippen molar-refractivity contribution < 1.29 is 14.3 Å². The van der Waals surface area contributed by atoms with E-state index in [4.69, 9.17) is 4.74 Å². The van der Waals surface area contributed by atoms with Crippen LogP contribution in [0.15, 0.2) is 64.8 Å². The second kappa shape index (κ2) is 10.4. The van der Waals surface area contributed by atoms with Crippen molar-refractivity contribution in [1.82, 2.24) is 9.80 Å². The third-order valence-corrected chi connectivity index (χ3v) is 4.37. The van der Waals surface area contributed by atoms with Gasteiger partial charge >= 0.3 is 0 Å². The van der Waals surface area contributed by atoms with Gasteiger partial charge in [0.2, 0.25) is 11.8 Å². The zero-order chi connectivity index (χ0) is 20.5. The van der Waals surface area contributed by atoms with Gasteiger partial charge in [0.05, 0.1) is 37.7 Å². The number of nitrogens with one attached hydrogen (secondary N) is 1. The summed E-state index contributed by atoms with van der Waals surface area (Å²) in [5, 5.41) is 11.2. The minimum atomic E-state index is -0.180. The van der Waals surface area contributed by atoms with E-state index in [0.29, 0.717) is 37.7 Å². The summed E-state index contributed by atoms with van der Waals surface area (Å²) in [4.78, 5) is 27.9. The van der Waals surface area contributed by atoms with Crippen LogP contribution in [-0.4, -0.2) is 68.1 Å². The highest BCUT2D eigenvalue weighted by Gasteiger charge is 2.19. The molecule has 1 N–H and O–H groups in total. The van der Waals surface area contributed by atoms with Gasteiger partial charge in [-0.05, 0) is 43.4 Å². The fourth-order valence-electron chi connectivity index (χ4n) is 2.87. The van der Waals surface area contributed by atoms with Gasteiger partial charge in [-0.2, -0.15) is 10.2 Å². The molecule has 1 fully saturated rings. The van der Waals surface area contributed by atoms with Crippen LogP contribution in [0.25, 0.3) is 0 Å². The van der Waals surface area contributed by atoms with E-state index in [-0.39, 0.29) is 24.9 Å². The summed E-state index contributed by atoms with van der Waals surface area (Å²) < 4.78 is 5.25. The summed E-state index contributed by atoms with van der Waals surface area (Å²) in [7, 11) is 1.75. The molecule has 1 aliphatic rings. The van der Waals surface area contributed by atoms with Crippen LogP contribution in [0.2, 0.25) is 0 Å². The third-order valence-electron chi connectivity index (χ3n) is 4.37. The van der Waals surface area contributed by atoms with Crippen LogP contribution in [0.1, 0.15) is 0 Å². The minimum absolute atomic E-state index is 0.0109. The molecular formula is C21H25N5O3. The number of likely N-dealkylation sites (N-methyl/N-ethyl adjacent to an activating group) is 1. The number of carbonyl (C=O) groups excluding carboxylic acids is 2. The molecular weight excluding hydrogens is 370 g/mol. The highest BCUT2D eigenvalue weighted by atomic mass is 16.5. The van der Waals surface area contributed by atoms with Crippen molar-refractivity contribution in [1.29, 1.82) is 0 Å². The van der Waals surface area contributed by atoms with Gasteiger partial charge in [-0.15, -0.1) is 0 Å². The molecule has 3 rings (SSSR count). The van der Waals surface area contributed by atoms with Crippen molar-refractivity contribution in [3.63, 3.8) is 0 Å². The standard InChI is InChI=1S/C21H25N5O3/c1-25(16-21(28)26-11-13-29-14-12-26)15-20(27)22-17-7-9-19(10-8-17)24-23-18-5-3-2-4-6-18/h2-10H,11-16H2,1H3,(H,22,27). The number of azo groups is 1. The van der Waals surface area contributed by atoms with Gasteiger partial charge in [0, 0.05) is 18.8 Å². The van der Waals surface area contributed by atoms with E-state index in [1.54, 1.807) is 41.1 Å². The smallest absolute Gasteiger partial charge is 0.238 e. The third kappa shape index (κ3) is 6.78. The lowest BCUT2D eigenvalue weighted by Gasteiger charge is -2.28. The Labute approximate surface area is 170 Å². The Morgan fingerprint density at radius 1 is 0.966 bits per heavy atom. The maximum Gasteiger partial charge on any atom is 0.238 e. The number of nitrogens with zero attached hydrogens (tertiary/aromatic N) is 4. The lowest BCUT2D eigenvalue weighted by molar-refractivity contribution is -0.136. The SMILES string of the molecule is CN(CC(=O)Nc1ccc(N=Nc2ccccc2)cc1)CC(=O)N1CCOCC1. The van der Waals surface area contributed by atoms with Crippen LogP contribution in [0, 0.1) is 0 Å². The molecule has 1 saturated heterocycles. The van der Waals surface area contributed by atoms with Crippen LogP contribution < -0.4 is 5.32 Å². The fourth-order valence-corrected chi connectivity index (χ4v) is 2.87. The van der Waals surface area contributed by atoms with Crippen molar-refractivity contribution in [2.75, 3.05) is 51.8 Å². The molecule has 2 aromatic carbocycles. The number of ether oxygens (including phenoxy) is 1. The van der Waals surface area contributed by atoms with Gasteiger partial charge in [-0.3, -0.25) is 14.5 Å². The highest BCUT2D eigenvalue weighted by molar-refractivity contribution is 5.92.